The molecule has 0 spiro atoms. The Morgan fingerprint density at radius 3 is 2.48 bits per heavy atom. The highest BCUT2D eigenvalue weighted by Crippen LogP contribution is 2.38. The Bertz CT molecular complexity index is 505. The van der Waals surface area contributed by atoms with Crippen LogP contribution in [0.25, 0.3) is 0 Å². The fraction of sp³-hybridized carbons (Fsp3) is 0.647. The van der Waals surface area contributed by atoms with Gasteiger partial charge in [0.1, 0.15) is 24.4 Å². The van der Waals surface area contributed by atoms with Gasteiger partial charge in [-0.15, -0.1) is 0 Å². The molecule has 0 radical (unpaired) electrons. The molecule has 0 amide bonds. The number of fused-ring (bicyclic) bond motifs is 1. The first-order chi connectivity index (χ1) is 11.0. The number of hydrogen-bond donors (Lipinski definition) is 1. The van der Waals surface area contributed by atoms with Crippen molar-refractivity contribution in [1.29, 1.82) is 0 Å². The van der Waals surface area contributed by atoms with Crippen LogP contribution >= 0.6 is 0 Å². The highest BCUT2D eigenvalue weighted by atomic mass is 16.8. The summed E-state index contributed by atoms with van der Waals surface area (Å²) in [6, 6.07) is 9.88. The van der Waals surface area contributed by atoms with Crippen molar-refractivity contribution < 1.29 is 28.8 Å². The van der Waals surface area contributed by atoms with Gasteiger partial charge in [0, 0.05) is 7.11 Å². The van der Waals surface area contributed by atoms with Crippen LogP contribution in [0.4, 0.5) is 0 Å². The average molecular weight is 324 g/mol. The van der Waals surface area contributed by atoms with Gasteiger partial charge in [-0.1, -0.05) is 30.3 Å². The van der Waals surface area contributed by atoms with E-state index in [0.29, 0.717) is 6.61 Å². The maximum atomic E-state index is 9.56. The highest BCUT2D eigenvalue weighted by molar-refractivity contribution is 5.13. The van der Waals surface area contributed by atoms with Gasteiger partial charge in [0.15, 0.2) is 12.1 Å². The largest absolute Gasteiger partial charge is 0.394 e. The van der Waals surface area contributed by atoms with E-state index in [9.17, 15) is 5.11 Å². The Morgan fingerprint density at radius 2 is 1.83 bits per heavy atom. The van der Waals surface area contributed by atoms with Crippen molar-refractivity contribution in [3.8, 4) is 0 Å². The van der Waals surface area contributed by atoms with Gasteiger partial charge in [-0.2, -0.15) is 0 Å². The lowest BCUT2D eigenvalue weighted by Crippen LogP contribution is -2.58. The van der Waals surface area contributed by atoms with Crippen molar-refractivity contribution in [2.45, 2.75) is 56.9 Å². The number of methoxy groups -OCH3 is 1. The summed E-state index contributed by atoms with van der Waals surface area (Å²) >= 11 is 0. The van der Waals surface area contributed by atoms with Crippen molar-refractivity contribution in [2.24, 2.45) is 0 Å². The maximum absolute atomic E-state index is 9.56. The maximum Gasteiger partial charge on any atom is 0.186 e. The van der Waals surface area contributed by atoms with Gasteiger partial charge in [-0.3, -0.25) is 0 Å². The summed E-state index contributed by atoms with van der Waals surface area (Å²) in [5.74, 6) is -0.747. The van der Waals surface area contributed by atoms with Gasteiger partial charge in [-0.25, -0.2) is 0 Å². The molecule has 3 rings (SSSR count). The Balaban J connectivity index is 1.76. The van der Waals surface area contributed by atoms with Gasteiger partial charge in [0.05, 0.1) is 13.2 Å². The summed E-state index contributed by atoms with van der Waals surface area (Å²) < 4.78 is 29.1. The Kier molecular flexibility index (Phi) is 5.01. The third kappa shape index (κ3) is 3.57. The molecule has 6 heteroatoms. The van der Waals surface area contributed by atoms with Gasteiger partial charge >= 0.3 is 0 Å². The minimum atomic E-state index is -0.747. The molecule has 2 aliphatic heterocycles. The smallest absolute Gasteiger partial charge is 0.186 e. The summed E-state index contributed by atoms with van der Waals surface area (Å²) in [5.41, 5.74) is 1.06. The normalized spacial score (nSPS) is 35.9. The molecule has 6 nitrogen and oxygen atoms in total. The first kappa shape index (κ1) is 16.8. The predicted molar refractivity (Wildman–Crippen MR) is 81.6 cm³/mol. The Morgan fingerprint density at radius 1 is 1.13 bits per heavy atom. The molecule has 1 aromatic carbocycles. The summed E-state index contributed by atoms with van der Waals surface area (Å²) in [4.78, 5) is 0. The standard InChI is InChI=1S/C17H24O6/c1-17(2)22-13-12(9-18)21-16(19-3)15(14(13)23-17)20-10-11-7-5-4-6-8-11/h4-8,12-16,18H,9-10H2,1-3H3/t12?,13-,14?,15?,16+/m0/s1. The minimum Gasteiger partial charge on any atom is -0.394 e. The van der Waals surface area contributed by atoms with Crippen LogP contribution in [-0.2, 0) is 30.3 Å². The first-order valence-corrected chi connectivity index (χ1v) is 7.84. The minimum absolute atomic E-state index is 0.161. The summed E-state index contributed by atoms with van der Waals surface area (Å²) in [7, 11) is 1.55. The van der Waals surface area contributed by atoms with Crippen LogP contribution in [0.2, 0.25) is 0 Å². The van der Waals surface area contributed by atoms with Crippen LogP contribution in [0.15, 0.2) is 30.3 Å². The van der Waals surface area contributed by atoms with E-state index in [1.807, 2.05) is 44.2 Å². The average Bonchev–Trinajstić information content (AvgIpc) is 2.88. The van der Waals surface area contributed by atoms with Crippen molar-refractivity contribution in [3.05, 3.63) is 35.9 Å². The molecule has 1 N–H and O–H groups in total. The number of ether oxygens (including phenoxy) is 5. The molecule has 2 saturated heterocycles. The van der Waals surface area contributed by atoms with E-state index in [-0.39, 0.29) is 18.8 Å². The number of aliphatic hydroxyl groups excluding tert-OH is 1. The van der Waals surface area contributed by atoms with Crippen molar-refractivity contribution in [2.75, 3.05) is 13.7 Å². The lowest BCUT2D eigenvalue weighted by atomic mass is 9.99. The molecule has 0 saturated carbocycles. The molecule has 3 unspecified atom stereocenters. The van der Waals surface area contributed by atoms with Crippen LogP contribution in [-0.4, -0.2) is 55.3 Å². The number of rotatable bonds is 5. The zero-order valence-electron chi connectivity index (χ0n) is 13.7. The molecular weight excluding hydrogens is 300 g/mol. The second kappa shape index (κ2) is 6.84. The zero-order chi connectivity index (χ0) is 16.4. The van der Waals surface area contributed by atoms with E-state index in [4.69, 9.17) is 23.7 Å². The van der Waals surface area contributed by atoms with Crippen LogP contribution in [0.5, 0.6) is 0 Å². The molecule has 0 aromatic heterocycles. The summed E-state index contributed by atoms with van der Waals surface area (Å²) in [6.07, 6.45) is -2.29. The van der Waals surface area contributed by atoms with Gasteiger partial charge in [-0.05, 0) is 19.4 Å². The summed E-state index contributed by atoms with van der Waals surface area (Å²) in [6.45, 7) is 3.95. The lowest BCUT2D eigenvalue weighted by Gasteiger charge is -2.40. The van der Waals surface area contributed by atoms with E-state index >= 15 is 0 Å². The molecule has 0 bridgehead atoms. The third-order valence-electron chi connectivity index (χ3n) is 4.13. The van der Waals surface area contributed by atoms with E-state index < -0.39 is 24.3 Å². The lowest BCUT2D eigenvalue weighted by molar-refractivity contribution is -0.286. The second-order valence-electron chi connectivity index (χ2n) is 6.29. The number of benzene rings is 1. The van der Waals surface area contributed by atoms with Gasteiger partial charge in [0.2, 0.25) is 0 Å². The van der Waals surface area contributed by atoms with Gasteiger partial charge in [0.25, 0.3) is 0 Å². The van der Waals surface area contributed by atoms with Crippen molar-refractivity contribution in [1.82, 2.24) is 0 Å². The van der Waals surface area contributed by atoms with E-state index in [1.165, 1.54) is 0 Å². The predicted octanol–water partition coefficient (Wildman–Crippen LogP) is 1.46. The quantitative estimate of drug-likeness (QED) is 0.884. The molecule has 0 aliphatic carbocycles. The topological polar surface area (TPSA) is 66.4 Å². The molecule has 5 atom stereocenters. The monoisotopic (exact) mass is 324 g/mol. The molecule has 2 fully saturated rings. The Labute approximate surface area is 136 Å². The summed E-state index contributed by atoms with van der Waals surface area (Å²) in [5, 5.41) is 9.56. The Hall–Kier alpha value is -1.02. The van der Waals surface area contributed by atoms with Crippen LogP contribution < -0.4 is 0 Å². The second-order valence-corrected chi connectivity index (χ2v) is 6.29. The first-order valence-electron chi connectivity index (χ1n) is 7.84. The molecule has 2 aliphatic rings. The van der Waals surface area contributed by atoms with Crippen LogP contribution in [0.3, 0.4) is 0 Å². The van der Waals surface area contributed by atoms with E-state index in [2.05, 4.69) is 0 Å². The molecule has 128 valence electrons. The van der Waals surface area contributed by atoms with Crippen LogP contribution in [0.1, 0.15) is 19.4 Å². The van der Waals surface area contributed by atoms with Crippen molar-refractivity contribution in [3.63, 3.8) is 0 Å². The van der Waals surface area contributed by atoms with E-state index in [0.717, 1.165) is 5.56 Å². The molecular formula is C17H24O6. The SMILES string of the molecule is CO[C@@H]1OC(CO)[C@@H]2OC(C)(C)OC2C1OCc1ccccc1. The molecule has 2 heterocycles. The molecule has 1 aromatic rings. The molecule has 23 heavy (non-hydrogen) atoms. The zero-order valence-corrected chi connectivity index (χ0v) is 13.7. The number of aliphatic hydroxyl groups is 1. The third-order valence-corrected chi connectivity index (χ3v) is 4.13. The fourth-order valence-electron chi connectivity index (χ4n) is 3.12. The fourth-order valence-corrected chi connectivity index (χ4v) is 3.12. The van der Waals surface area contributed by atoms with Crippen LogP contribution in [0, 0.1) is 0 Å². The van der Waals surface area contributed by atoms with Gasteiger partial charge < -0.3 is 28.8 Å². The van der Waals surface area contributed by atoms with Crippen molar-refractivity contribution >= 4 is 0 Å². The van der Waals surface area contributed by atoms with E-state index in [1.54, 1.807) is 7.11 Å². The highest BCUT2D eigenvalue weighted by Gasteiger charge is 2.55. The number of hydrogen-bond acceptors (Lipinski definition) is 6.